The zero-order valence-electron chi connectivity index (χ0n) is 19.3. The average Bonchev–Trinajstić information content (AvgIpc) is 3.26. The molecule has 0 nitrogen and oxygen atoms in total. The zero-order chi connectivity index (χ0) is 22.6. The third-order valence-corrected chi connectivity index (χ3v) is 8.12. The lowest BCUT2D eigenvalue weighted by molar-refractivity contribution is 0.396. The number of hydrogen-bond donors (Lipinski definition) is 0. The number of rotatable bonds is 6. The van der Waals surface area contributed by atoms with Gasteiger partial charge in [-0.1, -0.05) is 68.0 Å². The Morgan fingerprint density at radius 2 is 1.42 bits per heavy atom. The van der Waals surface area contributed by atoms with Gasteiger partial charge in [0.25, 0.3) is 0 Å². The second-order valence-electron chi connectivity index (χ2n) is 9.37. The summed E-state index contributed by atoms with van der Waals surface area (Å²) in [5.41, 5.74) is 5.43. The normalized spacial score (nSPS) is 18.8. The van der Waals surface area contributed by atoms with Crippen molar-refractivity contribution in [2.45, 2.75) is 57.3 Å². The molecule has 1 fully saturated rings. The molecule has 0 saturated heterocycles. The summed E-state index contributed by atoms with van der Waals surface area (Å²) in [4.78, 5) is 1.31. The van der Waals surface area contributed by atoms with Crippen LogP contribution in [0.3, 0.4) is 0 Å². The summed E-state index contributed by atoms with van der Waals surface area (Å²) >= 11 is 1.87. The van der Waals surface area contributed by atoms with Crippen molar-refractivity contribution in [1.29, 1.82) is 0 Å². The van der Waals surface area contributed by atoms with Crippen molar-refractivity contribution < 1.29 is 4.39 Å². The van der Waals surface area contributed by atoms with E-state index in [1.165, 1.54) is 69.3 Å². The summed E-state index contributed by atoms with van der Waals surface area (Å²) in [7, 11) is 0. The summed E-state index contributed by atoms with van der Waals surface area (Å²) in [5.74, 6) is 1.07. The molecular formula is C31H31FS. The van der Waals surface area contributed by atoms with E-state index >= 15 is 0 Å². The number of halogens is 1. The van der Waals surface area contributed by atoms with Crippen LogP contribution in [0.5, 0.6) is 0 Å². The highest BCUT2D eigenvalue weighted by Crippen LogP contribution is 2.40. The van der Waals surface area contributed by atoms with Gasteiger partial charge in [-0.15, -0.1) is 11.3 Å². The lowest BCUT2D eigenvalue weighted by Gasteiger charge is -2.29. The summed E-state index contributed by atoms with van der Waals surface area (Å²) < 4.78 is 14.6. The number of fused-ring (bicyclic) bond motifs is 1. The van der Waals surface area contributed by atoms with Gasteiger partial charge in [0.15, 0.2) is 0 Å². The van der Waals surface area contributed by atoms with Gasteiger partial charge in [0.1, 0.15) is 5.82 Å². The van der Waals surface area contributed by atoms with E-state index in [-0.39, 0.29) is 5.82 Å². The van der Waals surface area contributed by atoms with Crippen LogP contribution in [0.15, 0.2) is 72.8 Å². The molecule has 0 aliphatic heterocycles. The van der Waals surface area contributed by atoms with Crippen molar-refractivity contribution in [2.24, 2.45) is 0 Å². The van der Waals surface area contributed by atoms with Gasteiger partial charge in [0.05, 0.1) is 0 Å². The Balaban J connectivity index is 1.20. The predicted octanol–water partition coefficient (Wildman–Crippen LogP) is 9.60. The molecule has 1 aromatic heterocycles. The van der Waals surface area contributed by atoms with Crippen LogP contribution in [0.1, 0.15) is 78.0 Å². The molecule has 3 aromatic carbocycles. The molecule has 0 amide bonds. The largest absolute Gasteiger partial charge is 0.207 e. The van der Waals surface area contributed by atoms with E-state index in [2.05, 4.69) is 67.6 Å². The van der Waals surface area contributed by atoms with E-state index in [1.54, 1.807) is 12.1 Å². The quantitative estimate of drug-likeness (QED) is 0.272. The maximum Gasteiger partial charge on any atom is 0.123 e. The van der Waals surface area contributed by atoms with Crippen LogP contribution in [0.2, 0.25) is 0 Å². The zero-order valence-corrected chi connectivity index (χ0v) is 20.1. The number of aryl methyl sites for hydroxylation is 1. The topological polar surface area (TPSA) is 0 Å². The molecule has 2 heteroatoms. The van der Waals surface area contributed by atoms with Gasteiger partial charge in [-0.05, 0) is 102 Å². The molecule has 1 saturated carbocycles. The molecule has 1 aliphatic rings. The fourth-order valence-corrected chi connectivity index (χ4v) is 6.21. The first-order chi connectivity index (χ1) is 16.2. The summed E-state index contributed by atoms with van der Waals surface area (Å²) in [6.45, 7) is 2.23. The first-order valence-electron chi connectivity index (χ1n) is 12.2. The minimum atomic E-state index is -0.143. The van der Waals surface area contributed by atoms with Crippen LogP contribution in [-0.2, 0) is 6.42 Å². The minimum absolute atomic E-state index is 0.143. The van der Waals surface area contributed by atoms with E-state index in [0.29, 0.717) is 11.8 Å². The Kier molecular flexibility index (Phi) is 6.73. The Morgan fingerprint density at radius 3 is 2.06 bits per heavy atom. The van der Waals surface area contributed by atoms with Gasteiger partial charge in [-0.3, -0.25) is 0 Å². The molecule has 0 unspecified atom stereocenters. The van der Waals surface area contributed by atoms with E-state index in [9.17, 15) is 4.39 Å². The van der Waals surface area contributed by atoms with Crippen molar-refractivity contribution in [2.75, 3.05) is 0 Å². The Labute approximate surface area is 200 Å². The Hall–Kier alpha value is -2.71. The SMILES string of the molecule is CCCc1ccc2cc(/C=C/c3ccc(C4CCC(c5ccc(F)cc5)CC4)cc3)sc2c1. The third-order valence-electron chi connectivity index (χ3n) is 7.06. The van der Waals surface area contributed by atoms with Crippen LogP contribution < -0.4 is 0 Å². The maximum atomic E-state index is 13.2. The monoisotopic (exact) mass is 454 g/mol. The van der Waals surface area contributed by atoms with Crippen LogP contribution >= 0.6 is 11.3 Å². The van der Waals surface area contributed by atoms with E-state index < -0.39 is 0 Å². The van der Waals surface area contributed by atoms with Crippen molar-refractivity contribution >= 4 is 33.6 Å². The van der Waals surface area contributed by atoms with E-state index in [0.717, 1.165) is 6.42 Å². The molecule has 1 heterocycles. The molecule has 0 N–H and O–H groups in total. The van der Waals surface area contributed by atoms with Gasteiger partial charge in [-0.25, -0.2) is 4.39 Å². The molecule has 0 bridgehead atoms. The molecule has 0 atom stereocenters. The summed E-state index contributed by atoms with van der Waals surface area (Å²) in [6.07, 6.45) is 11.6. The standard InChI is InChI=1S/C31H31FS/c1-2-3-23-6-10-28-21-30(33-31(28)20-23)19-7-22-4-8-24(9-5-22)25-11-13-26(14-12-25)27-15-17-29(32)18-16-27/h4-10,15-21,25-26H,2-3,11-14H2,1H3/b19-7+. The van der Waals surface area contributed by atoms with Crippen LogP contribution in [0.25, 0.3) is 22.2 Å². The molecule has 0 radical (unpaired) electrons. The first-order valence-corrected chi connectivity index (χ1v) is 13.1. The molecule has 5 rings (SSSR count). The summed E-state index contributed by atoms with van der Waals surface area (Å²) in [5, 5.41) is 1.34. The molecule has 33 heavy (non-hydrogen) atoms. The van der Waals surface area contributed by atoms with Crippen LogP contribution in [0.4, 0.5) is 4.39 Å². The van der Waals surface area contributed by atoms with Gasteiger partial charge in [-0.2, -0.15) is 0 Å². The van der Waals surface area contributed by atoms with Crippen LogP contribution in [-0.4, -0.2) is 0 Å². The number of benzene rings is 3. The highest BCUT2D eigenvalue weighted by Gasteiger charge is 2.23. The molecule has 4 aromatic rings. The Bertz CT molecular complexity index is 1220. The van der Waals surface area contributed by atoms with Crippen molar-refractivity contribution in [3.8, 4) is 0 Å². The van der Waals surface area contributed by atoms with Crippen molar-refractivity contribution in [3.05, 3.63) is 106 Å². The second kappa shape index (κ2) is 10.1. The predicted molar refractivity (Wildman–Crippen MR) is 142 cm³/mol. The highest BCUT2D eigenvalue weighted by atomic mass is 32.1. The van der Waals surface area contributed by atoms with Gasteiger partial charge >= 0.3 is 0 Å². The molecule has 168 valence electrons. The second-order valence-corrected chi connectivity index (χ2v) is 10.5. The first kappa shape index (κ1) is 22.1. The fraction of sp³-hybridized carbons (Fsp3) is 0.290. The minimum Gasteiger partial charge on any atom is -0.207 e. The van der Waals surface area contributed by atoms with Crippen LogP contribution in [0, 0.1) is 5.82 Å². The fourth-order valence-electron chi connectivity index (χ4n) is 5.18. The molecule has 0 spiro atoms. The lowest BCUT2D eigenvalue weighted by atomic mass is 9.76. The van der Waals surface area contributed by atoms with E-state index in [1.807, 2.05) is 23.5 Å². The molecule has 1 aliphatic carbocycles. The van der Waals surface area contributed by atoms with E-state index in [4.69, 9.17) is 0 Å². The van der Waals surface area contributed by atoms with Gasteiger partial charge < -0.3 is 0 Å². The summed E-state index contributed by atoms with van der Waals surface area (Å²) in [6, 6.07) is 25.4. The molecular weight excluding hydrogens is 423 g/mol. The highest BCUT2D eigenvalue weighted by molar-refractivity contribution is 7.19. The van der Waals surface area contributed by atoms with Gasteiger partial charge in [0, 0.05) is 9.58 Å². The van der Waals surface area contributed by atoms with Gasteiger partial charge in [0.2, 0.25) is 0 Å². The number of thiophene rings is 1. The van der Waals surface area contributed by atoms with Crippen molar-refractivity contribution in [3.63, 3.8) is 0 Å². The lowest BCUT2D eigenvalue weighted by Crippen LogP contribution is -2.12. The third kappa shape index (κ3) is 5.28. The van der Waals surface area contributed by atoms with Crippen molar-refractivity contribution in [1.82, 2.24) is 0 Å². The smallest absolute Gasteiger partial charge is 0.123 e. The number of hydrogen-bond acceptors (Lipinski definition) is 1. The Morgan fingerprint density at radius 1 is 0.788 bits per heavy atom. The average molecular weight is 455 g/mol. The maximum absolute atomic E-state index is 13.2.